The molecule has 1 aromatic heterocycles. The van der Waals surface area contributed by atoms with E-state index in [2.05, 4.69) is 15.0 Å². The zero-order chi connectivity index (χ0) is 13.9. The van der Waals surface area contributed by atoms with E-state index in [-0.39, 0.29) is 6.04 Å². The van der Waals surface area contributed by atoms with Gasteiger partial charge in [0.1, 0.15) is 0 Å². The van der Waals surface area contributed by atoms with Gasteiger partial charge >= 0.3 is 0 Å². The second-order valence-electron chi connectivity index (χ2n) is 5.44. The van der Waals surface area contributed by atoms with Gasteiger partial charge in [0.25, 0.3) is 5.89 Å². The molecule has 20 heavy (non-hydrogen) atoms. The molecule has 0 radical (unpaired) electrons. The first-order valence-electron chi connectivity index (χ1n) is 7.11. The maximum atomic E-state index is 6.17. The van der Waals surface area contributed by atoms with E-state index in [9.17, 15) is 0 Å². The van der Waals surface area contributed by atoms with Crippen LogP contribution in [0.4, 0.5) is 0 Å². The van der Waals surface area contributed by atoms with E-state index in [0.29, 0.717) is 11.7 Å². The summed E-state index contributed by atoms with van der Waals surface area (Å²) in [5.74, 6) is 1.13. The molecule has 2 aromatic rings. The van der Waals surface area contributed by atoms with Gasteiger partial charge in [0.05, 0.1) is 6.04 Å². The molecule has 5 heteroatoms. The van der Waals surface area contributed by atoms with Gasteiger partial charge < -0.3 is 15.2 Å². The number of hydrogen-bond acceptors (Lipinski definition) is 5. The molecule has 106 valence electrons. The van der Waals surface area contributed by atoms with E-state index < -0.39 is 0 Å². The quantitative estimate of drug-likeness (QED) is 0.923. The zero-order valence-corrected chi connectivity index (χ0v) is 11.7. The number of rotatable bonds is 4. The lowest BCUT2D eigenvalue weighted by atomic mass is 10.1. The summed E-state index contributed by atoms with van der Waals surface area (Å²) in [6.07, 6.45) is 2.51. The Kier molecular flexibility index (Phi) is 3.80. The molecule has 1 aliphatic rings. The van der Waals surface area contributed by atoms with Crippen LogP contribution in [-0.4, -0.2) is 34.7 Å². The molecule has 1 aromatic carbocycles. The second kappa shape index (κ2) is 5.73. The molecule has 3 rings (SSSR count). The predicted molar refractivity (Wildman–Crippen MR) is 77.1 cm³/mol. The average molecular weight is 272 g/mol. The monoisotopic (exact) mass is 272 g/mol. The van der Waals surface area contributed by atoms with Crippen LogP contribution in [0.25, 0.3) is 11.5 Å². The van der Waals surface area contributed by atoms with Gasteiger partial charge in [-0.3, -0.25) is 0 Å². The third-order valence-electron chi connectivity index (χ3n) is 3.69. The number of hydrogen-bond donors (Lipinski definition) is 1. The first-order chi connectivity index (χ1) is 9.72. The first kappa shape index (κ1) is 13.3. The SMILES string of the molecule is Cc1cccc(-c2nc(C(N)CN3CCCC3)no2)c1. The van der Waals surface area contributed by atoms with Crippen LogP contribution >= 0.6 is 0 Å². The lowest BCUT2D eigenvalue weighted by Crippen LogP contribution is -2.30. The third-order valence-corrected chi connectivity index (χ3v) is 3.69. The fourth-order valence-corrected chi connectivity index (χ4v) is 2.61. The number of nitrogens with zero attached hydrogens (tertiary/aromatic N) is 3. The van der Waals surface area contributed by atoms with E-state index >= 15 is 0 Å². The van der Waals surface area contributed by atoms with E-state index in [1.165, 1.54) is 18.4 Å². The summed E-state index contributed by atoms with van der Waals surface area (Å²) in [5, 5.41) is 4.03. The van der Waals surface area contributed by atoms with E-state index in [0.717, 1.165) is 25.2 Å². The summed E-state index contributed by atoms with van der Waals surface area (Å²) in [6.45, 7) is 5.08. The molecule has 1 atom stereocenters. The van der Waals surface area contributed by atoms with Gasteiger partial charge in [0, 0.05) is 12.1 Å². The van der Waals surface area contributed by atoms with Crippen LogP contribution in [0.15, 0.2) is 28.8 Å². The van der Waals surface area contributed by atoms with Crippen molar-refractivity contribution in [3.8, 4) is 11.5 Å². The van der Waals surface area contributed by atoms with Crippen molar-refractivity contribution < 1.29 is 4.52 Å². The predicted octanol–water partition coefficient (Wildman–Crippen LogP) is 2.14. The van der Waals surface area contributed by atoms with Crippen molar-refractivity contribution >= 4 is 0 Å². The molecule has 1 fully saturated rings. The van der Waals surface area contributed by atoms with Crippen molar-refractivity contribution in [2.45, 2.75) is 25.8 Å². The van der Waals surface area contributed by atoms with Crippen LogP contribution in [0.1, 0.15) is 30.3 Å². The lowest BCUT2D eigenvalue weighted by Gasteiger charge is -2.17. The molecule has 5 nitrogen and oxygen atoms in total. The topological polar surface area (TPSA) is 68.2 Å². The molecule has 1 unspecified atom stereocenters. The number of benzene rings is 1. The number of likely N-dealkylation sites (tertiary alicyclic amines) is 1. The van der Waals surface area contributed by atoms with Crippen LogP contribution < -0.4 is 5.73 Å². The Hall–Kier alpha value is -1.72. The van der Waals surface area contributed by atoms with Crippen molar-refractivity contribution in [3.63, 3.8) is 0 Å². The summed E-state index contributed by atoms with van der Waals surface area (Å²) in [6, 6.07) is 7.84. The minimum atomic E-state index is -0.185. The van der Waals surface area contributed by atoms with E-state index in [1.807, 2.05) is 31.2 Å². The summed E-state index contributed by atoms with van der Waals surface area (Å²) in [7, 11) is 0. The molecule has 0 bridgehead atoms. The van der Waals surface area contributed by atoms with Gasteiger partial charge in [-0.2, -0.15) is 4.98 Å². The summed E-state index contributed by atoms with van der Waals surface area (Å²) >= 11 is 0. The van der Waals surface area contributed by atoms with Crippen LogP contribution in [-0.2, 0) is 0 Å². The largest absolute Gasteiger partial charge is 0.334 e. The van der Waals surface area contributed by atoms with Crippen LogP contribution in [0.3, 0.4) is 0 Å². The van der Waals surface area contributed by atoms with Crippen LogP contribution in [0.5, 0.6) is 0 Å². The van der Waals surface area contributed by atoms with Crippen molar-refractivity contribution in [1.29, 1.82) is 0 Å². The van der Waals surface area contributed by atoms with Crippen molar-refractivity contribution in [3.05, 3.63) is 35.7 Å². The Bertz CT molecular complexity index is 575. The molecule has 0 spiro atoms. The van der Waals surface area contributed by atoms with E-state index in [4.69, 9.17) is 10.3 Å². The highest BCUT2D eigenvalue weighted by Gasteiger charge is 2.20. The molecule has 2 N–H and O–H groups in total. The molecule has 1 saturated heterocycles. The summed E-state index contributed by atoms with van der Waals surface area (Å²) in [5.41, 5.74) is 8.28. The van der Waals surface area contributed by atoms with Crippen LogP contribution in [0, 0.1) is 6.92 Å². The van der Waals surface area contributed by atoms with Crippen molar-refractivity contribution in [1.82, 2.24) is 15.0 Å². The number of nitrogens with two attached hydrogens (primary N) is 1. The average Bonchev–Trinajstić information content (AvgIpc) is 3.09. The van der Waals surface area contributed by atoms with Crippen LogP contribution in [0.2, 0.25) is 0 Å². The zero-order valence-electron chi connectivity index (χ0n) is 11.7. The Balaban J connectivity index is 1.72. The minimum absolute atomic E-state index is 0.185. The first-order valence-corrected chi connectivity index (χ1v) is 7.11. The highest BCUT2D eigenvalue weighted by Crippen LogP contribution is 2.20. The highest BCUT2D eigenvalue weighted by molar-refractivity contribution is 5.53. The van der Waals surface area contributed by atoms with Gasteiger partial charge in [-0.25, -0.2) is 0 Å². The molecular weight excluding hydrogens is 252 g/mol. The molecule has 0 aliphatic carbocycles. The Morgan fingerprint density at radius 1 is 1.35 bits per heavy atom. The molecule has 1 aliphatic heterocycles. The van der Waals surface area contributed by atoms with E-state index in [1.54, 1.807) is 0 Å². The van der Waals surface area contributed by atoms with Gasteiger partial charge in [-0.05, 0) is 45.0 Å². The fourth-order valence-electron chi connectivity index (χ4n) is 2.61. The van der Waals surface area contributed by atoms with Gasteiger partial charge in [0.2, 0.25) is 0 Å². The maximum Gasteiger partial charge on any atom is 0.257 e. The van der Waals surface area contributed by atoms with Gasteiger partial charge in [-0.1, -0.05) is 22.9 Å². The molecule has 0 saturated carbocycles. The summed E-state index contributed by atoms with van der Waals surface area (Å²) in [4.78, 5) is 6.79. The van der Waals surface area contributed by atoms with Crippen molar-refractivity contribution in [2.24, 2.45) is 5.73 Å². The number of aryl methyl sites for hydroxylation is 1. The second-order valence-corrected chi connectivity index (χ2v) is 5.44. The highest BCUT2D eigenvalue weighted by atomic mass is 16.5. The normalized spacial score (nSPS) is 17.5. The van der Waals surface area contributed by atoms with Gasteiger partial charge in [-0.15, -0.1) is 0 Å². The van der Waals surface area contributed by atoms with Gasteiger partial charge in [0.15, 0.2) is 5.82 Å². The standard InChI is InChI=1S/C15H20N4O/c1-11-5-4-6-12(9-11)15-17-14(18-20-15)13(16)10-19-7-2-3-8-19/h4-6,9,13H,2-3,7-8,10,16H2,1H3. The Morgan fingerprint density at radius 2 is 2.15 bits per heavy atom. The van der Waals surface area contributed by atoms with Crippen molar-refractivity contribution in [2.75, 3.05) is 19.6 Å². The third kappa shape index (κ3) is 2.89. The fraction of sp³-hybridized carbons (Fsp3) is 0.467. The smallest absolute Gasteiger partial charge is 0.257 e. The minimum Gasteiger partial charge on any atom is -0.334 e. The maximum absolute atomic E-state index is 6.17. The Labute approximate surface area is 118 Å². The summed E-state index contributed by atoms with van der Waals surface area (Å²) < 4.78 is 5.33. The Morgan fingerprint density at radius 3 is 2.90 bits per heavy atom. The molecule has 0 amide bonds. The molecular formula is C15H20N4O. The lowest BCUT2D eigenvalue weighted by molar-refractivity contribution is 0.306. The number of aromatic nitrogens is 2. The molecule has 2 heterocycles.